The average Bonchev–Trinajstić information content (AvgIpc) is 2.88. The number of aromatic nitrogens is 2. The van der Waals surface area contributed by atoms with E-state index in [0.29, 0.717) is 11.4 Å². The Kier molecular flexibility index (Phi) is 4.57. The summed E-state index contributed by atoms with van der Waals surface area (Å²) in [5.41, 5.74) is 3.72. The number of fused-ring (bicyclic) bond motifs is 1. The molecule has 2 heterocycles. The van der Waals surface area contributed by atoms with Gasteiger partial charge in [0.2, 0.25) is 0 Å². The number of phenols is 1. The van der Waals surface area contributed by atoms with E-state index in [4.69, 9.17) is 0 Å². The van der Waals surface area contributed by atoms with Crippen LogP contribution in [-0.2, 0) is 6.42 Å². The lowest BCUT2D eigenvalue weighted by Crippen LogP contribution is -2.16. The zero-order valence-corrected chi connectivity index (χ0v) is 15.1. The number of nitrogens with one attached hydrogen (secondary N) is 1. The largest absolute Gasteiger partial charge is 0.508 e. The van der Waals surface area contributed by atoms with Crippen molar-refractivity contribution in [3.8, 4) is 5.75 Å². The Morgan fingerprint density at radius 2 is 2.04 bits per heavy atom. The van der Waals surface area contributed by atoms with Crippen LogP contribution in [-0.4, -0.2) is 20.4 Å². The van der Waals surface area contributed by atoms with Crippen LogP contribution in [0.2, 0.25) is 0 Å². The molecule has 0 aliphatic carbocycles. The van der Waals surface area contributed by atoms with Crippen LogP contribution in [0, 0.1) is 6.92 Å². The first kappa shape index (κ1) is 16.5. The number of aryl methyl sites for hydroxylation is 2. The summed E-state index contributed by atoms with van der Waals surface area (Å²) in [4.78, 5) is 17.5. The first-order valence-corrected chi connectivity index (χ1v) is 8.56. The van der Waals surface area contributed by atoms with Gasteiger partial charge in [-0.25, -0.2) is 4.98 Å². The highest BCUT2D eigenvalue weighted by Gasteiger charge is 2.20. The number of amides is 1. The summed E-state index contributed by atoms with van der Waals surface area (Å²) in [6, 6.07) is 8.39. The van der Waals surface area contributed by atoms with Gasteiger partial charge in [-0.15, -0.1) is 0 Å². The Labute approximate surface area is 148 Å². The van der Waals surface area contributed by atoms with Crippen LogP contribution >= 0.6 is 15.9 Å². The van der Waals surface area contributed by atoms with E-state index in [1.165, 1.54) is 12.1 Å². The van der Waals surface area contributed by atoms with Crippen molar-refractivity contribution in [3.05, 3.63) is 58.0 Å². The van der Waals surface area contributed by atoms with E-state index in [9.17, 15) is 9.90 Å². The second-order valence-corrected chi connectivity index (χ2v) is 6.57. The van der Waals surface area contributed by atoms with Crippen LogP contribution in [0.4, 0.5) is 5.69 Å². The molecular formula is C18H18BrN3O2. The van der Waals surface area contributed by atoms with Crippen molar-refractivity contribution in [2.24, 2.45) is 0 Å². The number of aromatic hydroxyl groups is 1. The monoisotopic (exact) mass is 387 g/mol. The number of benzene rings is 1. The highest BCUT2D eigenvalue weighted by Crippen LogP contribution is 2.24. The molecular weight excluding hydrogens is 370 g/mol. The Morgan fingerprint density at radius 1 is 1.33 bits per heavy atom. The Bertz CT molecular complexity index is 901. The van der Waals surface area contributed by atoms with Crippen molar-refractivity contribution in [2.45, 2.75) is 26.7 Å². The van der Waals surface area contributed by atoms with Gasteiger partial charge in [-0.2, -0.15) is 0 Å². The van der Waals surface area contributed by atoms with Crippen LogP contribution in [0.15, 0.2) is 41.0 Å². The molecule has 0 fully saturated rings. The number of carbonyl (C=O) groups excluding carboxylic acids is 1. The summed E-state index contributed by atoms with van der Waals surface area (Å²) >= 11 is 3.53. The SMILES string of the molecule is CCCc1nc2c(Br)cc(C)cn2c1C(=O)Nc1ccc(O)cc1. The van der Waals surface area contributed by atoms with Crippen LogP contribution < -0.4 is 5.32 Å². The van der Waals surface area contributed by atoms with Gasteiger partial charge >= 0.3 is 0 Å². The molecule has 0 aliphatic rings. The predicted molar refractivity (Wildman–Crippen MR) is 97.7 cm³/mol. The zero-order chi connectivity index (χ0) is 17.3. The molecule has 0 saturated heterocycles. The molecule has 24 heavy (non-hydrogen) atoms. The second-order valence-electron chi connectivity index (χ2n) is 5.72. The average molecular weight is 388 g/mol. The highest BCUT2D eigenvalue weighted by molar-refractivity contribution is 9.10. The fraction of sp³-hybridized carbons (Fsp3) is 0.222. The summed E-state index contributed by atoms with van der Waals surface area (Å²) in [6.45, 7) is 4.04. The van der Waals surface area contributed by atoms with Gasteiger partial charge in [0.05, 0.1) is 10.2 Å². The molecule has 3 aromatic rings. The predicted octanol–water partition coefficient (Wildman–Crippen LogP) is 4.32. The molecule has 0 radical (unpaired) electrons. The van der Waals surface area contributed by atoms with Gasteiger partial charge in [-0.05, 0) is 65.2 Å². The van der Waals surface area contributed by atoms with E-state index in [0.717, 1.165) is 34.2 Å². The topological polar surface area (TPSA) is 66.6 Å². The summed E-state index contributed by atoms with van der Waals surface area (Å²) in [6.07, 6.45) is 3.55. The standard InChI is InChI=1S/C18H18BrN3O2/c1-3-4-15-16(18(24)20-12-5-7-13(23)8-6-12)22-10-11(2)9-14(19)17(22)21-15/h5-10,23H,3-4H2,1-2H3,(H,20,24). The third-order valence-corrected chi connectivity index (χ3v) is 4.29. The third-order valence-electron chi connectivity index (χ3n) is 3.71. The molecule has 3 rings (SSSR count). The maximum absolute atomic E-state index is 12.8. The first-order chi connectivity index (χ1) is 11.5. The van der Waals surface area contributed by atoms with Crippen molar-refractivity contribution in [3.63, 3.8) is 0 Å². The van der Waals surface area contributed by atoms with Crippen LogP contribution in [0.3, 0.4) is 0 Å². The molecule has 124 valence electrons. The molecule has 6 heteroatoms. The number of pyridine rings is 1. The van der Waals surface area contributed by atoms with Gasteiger partial charge in [-0.1, -0.05) is 13.3 Å². The lowest BCUT2D eigenvalue weighted by molar-refractivity contribution is 0.102. The molecule has 0 atom stereocenters. The Hall–Kier alpha value is -2.34. The second kappa shape index (κ2) is 6.65. The van der Waals surface area contributed by atoms with Gasteiger partial charge in [0, 0.05) is 11.9 Å². The number of rotatable bonds is 4. The molecule has 1 amide bonds. The Balaban J connectivity index is 2.07. The van der Waals surface area contributed by atoms with E-state index >= 15 is 0 Å². The molecule has 1 aromatic carbocycles. The number of halogens is 1. The third kappa shape index (κ3) is 3.14. The van der Waals surface area contributed by atoms with Crippen LogP contribution in [0.25, 0.3) is 5.65 Å². The van der Waals surface area contributed by atoms with Gasteiger partial charge in [0.1, 0.15) is 11.4 Å². The molecule has 2 N–H and O–H groups in total. The molecule has 0 bridgehead atoms. The van der Waals surface area contributed by atoms with Gasteiger partial charge in [0.25, 0.3) is 5.91 Å². The van der Waals surface area contributed by atoms with Crippen molar-refractivity contribution in [2.75, 3.05) is 5.32 Å². The zero-order valence-electron chi connectivity index (χ0n) is 13.5. The minimum Gasteiger partial charge on any atom is -0.508 e. The minimum atomic E-state index is -0.214. The number of anilines is 1. The van der Waals surface area contributed by atoms with Gasteiger partial charge in [0.15, 0.2) is 5.65 Å². The van der Waals surface area contributed by atoms with Crippen molar-refractivity contribution >= 4 is 33.2 Å². The molecule has 0 aliphatic heterocycles. The molecule has 0 unspecified atom stereocenters. The summed E-state index contributed by atoms with van der Waals surface area (Å²) in [5.74, 6) is -0.0526. The summed E-state index contributed by atoms with van der Waals surface area (Å²) < 4.78 is 2.70. The van der Waals surface area contributed by atoms with E-state index in [1.54, 1.807) is 12.1 Å². The lowest BCUT2D eigenvalue weighted by atomic mass is 10.2. The van der Waals surface area contributed by atoms with E-state index in [-0.39, 0.29) is 11.7 Å². The number of nitrogens with zero attached hydrogens (tertiary/aromatic N) is 2. The van der Waals surface area contributed by atoms with Crippen molar-refractivity contribution < 1.29 is 9.90 Å². The van der Waals surface area contributed by atoms with E-state index in [1.807, 2.05) is 23.6 Å². The fourth-order valence-corrected chi connectivity index (χ4v) is 3.31. The van der Waals surface area contributed by atoms with Crippen molar-refractivity contribution in [1.82, 2.24) is 9.38 Å². The smallest absolute Gasteiger partial charge is 0.274 e. The number of imidazole rings is 1. The number of carbonyl (C=O) groups is 1. The maximum Gasteiger partial charge on any atom is 0.274 e. The molecule has 0 saturated carbocycles. The van der Waals surface area contributed by atoms with Crippen LogP contribution in [0.1, 0.15) is 35.1 Å². The maximum atomic E-state index is 12.8. The Morgan fingerprint density at radius 3 is 2.71 bits per heavy atom. The minimum absolute atomic E-state index is 0.161. The lowest BCUT2D eigenvalue weighted by Gasteiger charge is -2.08. The summed E-state index contributed by atoms with van der Waals surface area (Å²) in [5, 5.41) is 12.2. The summed E-state index contributed by atoms with van der Waals surface area (Å²) in [7, 11) is 0. The number of phenolic OH excluding ortho intramolecular Hbond substituents is 1. The quantitative estimate of drug-likeness (QED) is 0.655. The molecule has 5 nitrogen and oxygen atoms in total. The molecule has 0 spiro atoms. The van der Waals surface area contributed by atoms with E-state index < -0.39 is 0 Å². The van der Waals surface area contributed by atoms with E-state index in [2.05, 4.69) is 33.2 Å². The van der Waals surface area contributed by atoms with Crippen molar-refractivity contribution in [1.29, 1.82) is 0 Å². The number of hydrogen-bond acceptors (Lipinski definition) is 3. The molecule has 2 aromatic heterocycles. The normalized spacial score (nSPS) is 11.0. The van der Waals surface area contributed by atoms with Gasteiger partial charge in [-0.3, -0.25) is 9.20 Å². The number of hydrogen-bond donors (Lipinski definition) is 2. The fourth-order valence-electron chi connectivity index (χ4n) is 2.67. The first-order valence-electron chi connectivity index (χ1n) is 7.77. The van der Waals surface area contributed by atoms with Gasteiger partial charge < -0.3 is 10.4 Å². The van der Waals surface area contributed by atoms with Crippen LogP contribution in [0.5, 0.6) is 5.75 Å². The highest BCUT2D eigenvalue weighted by atomic mass is 79.9.